The summed E-state index contributed by atoms with van der Waals surface area (Å²) in [5.74, 6) is 3.00. The van der Waals surface area contributed by atoms with Gasteiger partial charge in [-0.25, -0.2) is 0 Å². The fourth-order valence-electron chi connectivity index (χ4n) is 3.24. The SMILES string of the molecule is CCNC(=NCC1CCCN(CC(C)C)C1)NCCCOCC(C)C.I. The summed E-state index contributed by atoms with van der Waals surface area (Å²) in [6.07, 6.45) is 3.63. The maximum absolute atomic E-state index is 5.63. The maximum Gasteiger partial charge on any atom is 0.191 e. The van der Waals surface area contributed by atoms with Crippen LogP contribution in [0, 0.1) is 17.8 Å². The molecule has 1 saturated heterocycles. The summed E-state index contributed by atoms with van der Waals surface area (Å²) in [5, 5.41) is 6.80. The summed E-state index contributed by atoms with van der Waals surface area (Å²) < 4.78 is 5.63. The normalized spacial score (nSPS) is 18.9. The summed E-state index contributed by atoms with van der Waals surface area (Å²) in [5.41, 5.74) is 0. The Morgan fingerprint density at radius 1 is 1.19 bits per heavy atom. The number of aliphatic imine (C=N–C) groups is 1. The van der Waals surface area contributed by atoms with E-state index in [1.807, 2.05) is 0 Å². The molecular weight excluding hydrogens is 439 g/mol. The minimum Gasteiger partial charge on any atom is -0.381 e. The third-order valence-corrected chi connectivity index (χ3v) is 4.29. The van der Waals surface area contributed by atoms with E-state index in [1.165, 1.54) is 32.5 Å². The van der Waals surface area contributed by atoms with Gasteiger partial charge in [-0.3, -0.25) is 4.99 Å². The lowest BCUT2D eigenvalue weighted by Gasteiger charge is -2.33. The van der Waals surface area contributed by atoms with Gasteiger partial charge in [0, 0.05) is 45.9 Å². The molecule has 1 heterocycles. The number of likely N-dealkylation sites (tertiary alicyclic amines) is 1. The third kappa shape index (κ3) is 13.1. The Kier molecular flexibility index (Phi) is 15.9. The maximum atomic E-state index is 5.63. The summed E-state index contributed by atoms with van der Waals surface area (Å²) in [4.78, 5) is 7.44. The van der Waals surface area contributed by atoms with Crippen molar-refractivity contribution in [2.45, 2.75) is 53.9 Å². The van der Waals surface area contributed by atoms with Gasteiger partial charge in [-0.2, -0.15) is 0 Å². The third-order valence-electron chi connectivity index (χ3n) is 4.29. The first-order chi connectivity index (χ1) is 12.0. The number of nitrogens with zero attached hydrogens (tertiary/aromatic N) is 2. The van der Waals surface area contributed by atoms with Crippen molar-refractivity contribution in [2.75, 3.05) is 52.5 Å². The van der Waals surface area contributed by atoms with Crippen LogP contribution in [0.3, 0.4) is 0 Å². The molecule has 0 aromatic rings. The van der Waals surface area contributed by atoms with Gasteiger partial charge < -0.3 is 20.3 Å². The molecule has 0 amide bonds. The zero-order chi connectivity index (χ0) is 18.5. The van der Waals surface area contributed by atoms with E-state index in [9.17, 15) is 0 Å². The number of hydrogen-bond donors (Lipinski definition) is 2. The molecule has 2 N–H and O–H groups in total. The molecule has 156 valence electrons. The molecule has 1 unspecified atom stereocenters. The molecule has 26 heavy (non-hydrogen) atoms. The Morgan fingerprint density at radius 3 is 2.62 bits per heavy atom. The first-order valence-corrected chi connectivity index (χ1v) is 10.3. The Morgan fingerprint density at radius 2 is 1.96 bits per heavy atom. The average Bonchev–Trinajstić information content (AvgIpc) is 2.55. The summed E-state index contributed by atoms with van der Waals surface area (Å²) in [7, 11) is 0. The molecule has 0 saturated carbocycles. The number of halogens is 1. The number of rotatable bonds is 11. The van der Waals surface area contributed by atoms with Crippen molar-refractivity contribution in [3.05, 3.63) is 0 Å². The largest absolute Gasteiger partial charge is 0.381 e. The lowest BCUT2D eigenvalue weighted by molar-refractivity contribution is 0.108. The van der Waals surface area contributed by atoms with E-state index in [2.05, 4.69) is 50.2 Å². The molecule has 0 bridgehead atoms. The fourth-order valence-corrected chi connectivity index (χ4v) is 3.24. The van der Waals surface area contributed by atoms with Crippen molar-refractivity contribution in [1.29, 1.82) is 0 Å². The Hall–Kier alpha value is -0.0800. The predicted molar refractivity (Wildman–Crippen MR) is 124 cm³/mol. The number of nitrogens with one attached hydrogen (secondary N) is 2. The summed E-state index contributed by atoms with van der Waals surface area (Å²) in [6.45, 7) is 19.2. The number of guanidine groups is 1. The standard InChI is InChI=1S/C20H42N4O.HI/c1-6-21-20(22-10-8-12-25-16-18(4)5)23-13-19-9-7-11-24(15-19)14-17(2)3;/h17-19H,6-16H2,1-5H3,(H2,21,22,23);1H. The van der Waals surface area contributed by atoms with Gasteiger partial charge in [0.05, 0.1) is 0 Å². The van der Waals surface area contributed by atoms with E-state index in [-0.39, 0.29) is 24.0 Å². The second-order valence-corrected chi connectivity index (χ2v) is 8.13. The van der Waals surface area contributed by atoms with Gasteiger partial charge in [-0.1, -0.05) is 27.7 Å². The molecule has 1 fully saturated rings. The Balaban J connectivity index is 0.00000625. The van der Waals surface area contributed by atoms with Crippen LogP contribution in [0.1, 0.15) is 53.9 Å². The van der Waals surface area contributed by atoms with Gasteiger partial charge in [-0.05, 0) is 50.5 Å². The average molecular weight is 482 g/mol. The molecule has 0 aliphatic carbocycles. The van der Waals surface area contributed by atoms with E-state index in [4.69, 9.17) is 9.73 Å². The predicted octanol–water partition coefficient (Wildman–Crippen LogP) is 3.59. The summed E-state index contributed by atoms with van der Waals surface area (Å²) >= 11 is 0. The zero-order valence-corrected chi connectivity index (χ0v) is 20.1. The lowest BCUT2D eigenvalue weighted by Crippen LogP contribution is -2.41. The first kappa shape index (κ1) is 25.9. The van der Waals surface area contributed by atoms with Crippen LogP contribution >= 0.6 is 24.0 Å². The molecule has 1 aliphatic heterocycles. The van der Waals surface area contributed by atoms with Crippen LogP contribution in [0.4, 0.5) is 0 Å². The second kappa shape index (κ2) is 15.9. The molecule has 0 aromatic carbocycles. The molecule has 0 spiro atoms. The highest BCUT2D eigenvalue weighted by molar-refractivity contribution is 14.0. The van der Waals surface area contributed by atoms with E-state index in [0.717, 1.165) is 51.1 Å². The molecular formula is C20H43IN4O. The summed E-state index contributed by atoms with van der Waals surface area (Å²) in [6, 6.07) is 0. The van der Waals surface area contributed by atoms with Crippen LogP contribution in [-0.4, -0.2) is 63.3 Å². The highest BCUT2D eigenvalue weighted by atomic mass is 127. The van der Waals surface area contributed by atoms with Gasteiger partial charge in [0.1, 0.15) is 0 Å². The molecule has 0 radical (unpaired) electrons. The number of piperidine rings is 1. The highest BCUT2D eigenvalue weighted by Crippen LogP contribution is 2.17. The minimum atomic E-state index is 0. The molecule has 0 aromatic heterocycles. The van der Waals surface area contributed by atoms with Crippen LogP contribution in [-0.2, 0) is 4.74 Å². The van der Waals surface area contributed by atoms with Crippen molar-refractivity contribution in [3.8, 4) is 0 Å². The van der Waals surface area contributed by atoms with Gasteiger partial charge >= 0.3 is 0 Å². The van der Waals surface area contributed by atoms with Crippen molar-refractivity contribution in [3.63, 3.8) is 0 Å². The lowest BCUT2D eigenvalue weighted by atomic mass is 9.97. The van der Waals surface area contributed by atoms with E-state index < -0.39 is 0 Å². The van der Waals surface area contributed by atoms with Crippen molar-refractivity contribution >= 4 is 29.9 Å². The molecule has 1 atom stereocenters. The van der Waals surface area contributed by atoms with Crippen molar-refractivity contribution in [2.24, 2.45) is 22.7 Å². The number of hydrogen-bond acceptors (Lipinski definition) is 3. The van der Waals surface area contributed by atoms with Crippen molar-refractivity contribution < 1.29 is 4.74 Å². The molecule has 1 aliphatic rings. The quantitative estimate of drug-likeness (QED) is 0.205. The smallest absolute Gasteiger partial charge is 0.191 e. The van der Waals surface area contributed by atoms with E-state index in [1.54, 1.807) is 0 Å². The van der Waals surface area contributed by atoms with Crippen LogP contribution in [0.2, 0.25) is 0 Å². The molecule has 1 rings (SSSR count). The fraction of sp³-hybridized carbons (Fsp3) is 0.950. The van der Waals surface area contributed by atoms with Gasteiger partial charge in [-0.15, -0.1) is 24.0 Å². The monoisotopic (exact) mass is 482 g/mol. The van der Waals surface area contributed by atoms with Gasteiger partial charge in [0.2, 0.25) is 0 Å². The van der Waals surface area contributed by atoms with Crippen molar-refractivity contribution in [1.82, 2.24) is 15.5 Å². The Labute approximate surface area is 179 Å². The van der Waals surface area contributed by atoms with E-state index >= 15 is 0 Å². The van der Waals surface area contributed by atoms with E-state index in [0.29, 0.717) is 11.8 Å². The highest BCUT2D eigenvalue weighted by Gasteiger charge is 2.20. The van der Waals surface area contributed by atoms with Crippen LogP contribution in [0.15, 0.2) is 4.99 Å². The minimum absolute atomic E-state index is 0. The molecule has 6 heteroatoms. The van der Waals surface area contributed by atoms with Gasteiger partial charge in [0.15, 0.2) is 5.96 Å². The topological polar surface area (TPSA) is 48.9 Å². The Bertz CT molecular complexity index is 364. The molecule has 5 nitrogen and oxygen atoms in total. The van der Waals surface area contributed by atoms with Gasteiger partial charge in [0.25, 0.3) is 0 Å². The van der Waals surface area contributed by atoms with Crippen LogP contribution in [0.5, 0.6) is 0 Å². The van der Waals surface area contributed by atoms with Crippen LogP contribution < -0.4 is 10.6 Å². The zero-order valence-electron chi connectivity index (χ0n) is 17.7. The second-order valence-electron chi connectivity index (χ2n) is 8.13. The first-order valence-electron chi connectivity index (χ1n) is 10.3. The van der Waals surface area contributed by atoms with Crippen LogP contribution in [0.25, 0.3) is 0 Å². The number of ether oxygens (including phenoxy) is 1.